The highest BCUT2D eigenvalue weighted by Gasteiger charge is 2.32. The Hall–Kier alpha value is -2.16. The molecule has 2 rings (SSSR count). The van der Waals surface area contributed by atoms with Crippen molar-refractivity contribution in [2.75, 3.05) is 32.1 Å². The van der Waals surface area contributed by atoms with E-state index in [9.17, 15) is 14.4 Å². The van der Waals surface area contributed by atoms with Crippen molar-refractivity contribution in [3.63, 3.8) is 0 Å². The Kier molecular flexibility index (Phi) is 6.96. The molecule has 1 amide bonds. The topological polar surface area (TPSA) is 97.8 Å². The molecule has 0 bridgehead atoms. The standard InChI is InChI=1S/C17H25N3O5S/c1-5-24-16(22)12-6-8-20(9-7-12)15(21)11(3)25-17(23)13-10(2)19-26-14(13)18-4/h11-12,18H,5-9H2,1-4H3. The van der Waals surface area contributed by atoms with Gasteiger partial charge < -0.3 is 19.7 Å². The van der Waals surface area contributed by atoms with Crippen LogP contribution in [0.4, 0.5) is 5.00 Å². The van der Waals surface area contributed by atoms with Gasteiger partial charge in [-0.2, -0.15) is 4.37 Å². The predicted octanol–water partition coefficient (Wildman–Crippen LogP) is 1.84. The molecule has 1 atom stereocenters. The molecular weight excluding hydrogens is 358 g/mol. The zero-order valence-electron chi connectivity index (χ0n) is 15.5. The van der Waals surface area contributed by atoms with Crippen molar-refractivity contribution in [3.8, 4) is 0 Å². The molecule has 1 saturated heterocycles. The highest BCUT2D eigenvalue weighted by atomic mass is 32.1. The lowest BCUT2D eigenvalue weighted by atomic mass is 9.97. The van der Waals surface area contributed by atoms with E-state index in [1.165, 1.54) is 11.5 Å². The summed E-state index contributed by atoms with van der Waals surface area (Å²) in [5.41, 5.74) is 0.928. The number of aryl methyl sites for hydroxylation is 1. The molecular formula is C17H25N3O5S. The van der Waals surface area contributed by atoms with Crippen molar-refractivity contribution in [1.29, 1.82) is 0 Å². The number of carbonyl (C=O) groups excluding carboxylic acids is 3. The van der Waals surface area contributed by atoms with Crippen molar-refractivity contribution in [1.82, 2.24) is 9.27 Å². The van der Waals surface area contributed by atoms with E-state index in [1.54, 1.807) is 32.7 Å². The quantitative estimate of drug-likeness (QED) is 0.749. The van der Waals surface area contributed by atoms with E-state index in [-0.39, 0.29) is 17.8 Å². The lowest BCUT2D eigenvalue weighted by Gasteiger charge is -2.32. The Morgan fingerprint density at radius 2 is 2.00 bits per heavy atom. The largest absolute Gasteiger partial charge is 0.466 e. The minimum absolute atomic E-state index is 0.172. The SMILES string of the molecule is CCOC(=O)C1CCN(C(=O)C(C)OC(=O)c2c(C)nsc2NC)CC1. The molecule has 9 heteroatoms. The normalized spacial score (nSPS) is 16.1. The molecule has 1 aliphatic rings. The average Bonchev–Trinajstić information content (AvgIpc) is 3.02. The number of hydrogen-bond acceptors (Lipinski definition) is 8. The summed E-state index contributed by atoms with van der Waals surface area (Å²) < 4.78 is 14.5. The Balaban J connectivity index is 1.91. The number of anilines is 1. The molecule has 1 unspecified atom stereocenters. The number of piperidine rings is 1. The number of amides is 1. The van der Waals surface area contributed by atoms with Crippen LogP contribution in [-0.4, -0.2) is 60.0 Å². The maximum atomic E-state index is 12.5. The van der Waals surface area contributed by atoms with Gasteiger partial charge in [0.05, 0.1) is 18.2 Å². The van der Waals surface area contributed by atoms with Gasteiger partial charge in [0.2, 0.25) is 0 Å². The first-order valence-electron chi connectivity index (χ1n) is 8.69. The Morgan fingerprint density at radius 3 is 2.58 bits per heavy atom. The van der Waals surface area contributed by atoms with Crippen molar-refractivity contribution in [2.45, 2.75) is 39.7 Å². The van der Waals surface area contributed by atoms with Crippen LogP contribution in [-0.2, 0) is 19.1 Å². The molecule has 2 heterocycles. The molecule has 0 aromatic carbocycles. The van der Waals surface area contributed by atoms with Crippen LogP contribution in [0.5, 0.6) is 0 Å². The second-order valence-electron chi connectivity index (χ2n) is 6.12. The lowest BCUT2D eigenvalue weighted by Crippen LogP contribution is -2.45. The molecule has 0 aliphatic carbocycles. The van der Waals surface area contributed by atoms with Gasteiger partial charge in [0.25, 0.3) is 5.91 Å². The monoisotopic (exact) mass is 383 g/mol. The van der Waals surface area contributed by atoms with Crippen LogP contribution >= 0.6 is 11.5 Å². The van der Waals surface area contributed by atoms with Crippen LogP contribution in [0.15, 0.2) is 0 Å². The molecule has 1 aliphatic heterocycles. The van der Waals surface area contributed by atoms with Crippen LogP contribution in [0.2, 0.25) is 0 Å². The van der Waals surface area contributed by atoms with Crippen molar-refractivity contribution >= 4 is 34.4 Å². The zero-order chi connectivity index (χ0) is 19.3. The zero-order valence-corrected chi connectivity index (χ0v) is 16.4. The summed E-state index contributed by atoms with van der Waals surface area (Å²) >= 11 is 1.17. The molecule has 8 nitrogen and oxygen atoms in total. The fourth-order valence-electron chi connectivity index (χ4n) is 2.90. The van der Waals surface area contributed by atoms with Gasteiger partial charge in [-0.15, -0.1) is 0 Å². The summed E-state index contributed by atoms with van der Waals surface area (Å²) in [6, 6.07) is 0. The summed E-state index contributed by atoms with van der Waals surface area (Å²) in [5.74, 6) is -1.20. The third kappa shape index (κ3) is 4.51. The van der Waals surface area contributed by atoms with Crippen molar-refractivity contribution < 1.29 is 23.9 Å². The number of esters is 2. The summed E-state index contributed by atoms with van der Waals surface area (Å²) in [5, 5.41) is 3.52. The molecule has 1 aromatic rings. The molecule has 1 fully saturated rings. The average molecular weight is 383 g/mol. The number of aromatic nitrogens is 1. The van der Waals surface area contributed by atoms with Gasteiger partial charge in [-0.05, 0) is 45.1 Å². The first kappa shape index (κ1) is 20.2. The second-order valence-corrected chi connectivity index (χ2v) is 6.89. The number of nitrogens with zero attached hydrogens (tertiary/aromatic N) is 2. The maximum absolute atomic E-state index is 12.5. The number of ether oxygens (including phenoxy) is 2. The Bertz CT molecular complexity index is 667. The van der Waals surface area contributed by atoms with Gasteiger partial charge in [-0.25, -0.2) is 4.79 Å². The lowest BCUT2D eigenvalue weighted by molar-refractivity contribution is -0.152. The van der Waals surface area contributed by atoms with E-state index in [4.69, 9.17) is 9.47 Å². The van der Waals surface area contributed by atoms with Crippen LogP contribution in [0.25, 0.3) is 0 Å². The van der Waals surface area contributed by atoms with E-state index in [0.29, 0.717) is 48.8 Å². The number of rotatable bonds is 6. The first-order chi connectivity index (χ1) is 12.4. The molecule has 26 heavy (non-hydrogen) atoms. The Morgan fingerprint density at radius 1 is 1.35 bits per heavy atom. The fraction of sp³-hybridized carbons (Fsp3) is 0.647. The summed E-state index contributed by atoms with van der Waals surface area (Å²) in [6.07, 6.45) is 0.219. The molecule has 144 valence electrons. The molecule has 0 radical (unpaired) electrons. The first-order valence-corrected chi connectivity index (χ1v) is 9.46. The van der Waals surface area contributed by atoms with E-state index in [2.05, 4.69) is 9.69 Å². The van der Waals surface area contributed by atoms with Crippen molar-refractivity contribution in [2.24, 2.45) is 5.92 Å². The smallest absolute Gasteiger partial charge is 0.343 e. The van der Waals surface area contributed by atoms with Crippen LogP contribution in [0, 0.1) is 12.8 Å². The van der Waals surface area contributed by atoms with Crippen molar-refractivity contribution in [3.05, 3.63) is 11.3 Å². The highest BCUT2D eigenvalue weighted by molar-refractivity contribution is 7.10. The minimum atomic E-state index is -0.898. The fourth-order valence-corrected chi connectivity index (χ4v) is 3.64. The number of carbonyl (C=O) groups is 3. The minimum Gasteiger partial charge on any atom is -0.466 e. The molecule has 1 aromatic heterocycles. The summed E-state index contributed by atoms with van der Waals surface area (Å²) in [7, 11) is 1.70. The molecule has 0 spiro atoms. The third-order valence-corrected chi connectivity index (χ3v) is 5.31. The van der Waals surface area contributed by atoms with Gasteiger partial charge in [-0.1, -0.05) is 0 Å². The highest BCUT2D eigenvalue weighted by Crippen LogP contribution is 2.25. The van der Waals surface area contributed by atoms with Gasteiger partial charge in [0.1, 0.15) is 10.6 Å². The summed E-state index contributed by atoms with van der Waals surface area (Å²) in [6.45, 7) is 6.32. The van der Waals surface area contributed by atoms with Crippen LogP contribution in [0.1, 0.15) is 42.7 Å². The van der Waals surface area contributed by atoms with Gasteiger partial charge >= 0.3 is 11.9 Å². The van der Waals surface area contributed by atoms with Crippen LogP contribution in [0.3, 0.4) is 0 Å². The van der Waals surface area contributed by atoms with E-state index >= 15 is 0 Å². The predicted molar refractivity (Wildman–Crippen MR) is 97.2 cm³/mol. The van der Waals surface area contributed by atoms with Crippen LogP contribution < -0.4 is 5.32 Å². The molecule has 1 N–H and O–H groups in total. The van der Waals surface area contributed by atoms with Gasteiger partial charge in [0, 0.05) is 20.1 Å². The number of hydrogen-bond donors (Lipinski definition) is 1. The van der Waals surface area contributed by atoms with E-state index in [0.717, 1.165) is 0 Å². The second kappa shape index (κ2) is 8.98. The maximum Gasteiger partial charge on any atom is 0.343 e. The number of nitrogens with one attached hydrogen (secondary N) is 1. The molecule has 0 saturated carbocycles. The number of likely N-dealkylation sites (tertiary alicyclic amines) is 1. The summed E-state index contributed by atoms with van der Waals surface area (Å²) in [4.78, 5) is 38.3. The van der Waals surface area contributed by atoms with E-state index in [1.807, 2.05) is 0 Å². The van der Waals surface area contributed by atoms with Gasteiger partial charge in [0.15, 0.2) is 6.10 Å². The van der Waals surface area contributed by atoms with E-state index < -0.39 is 12.1 Å². The Labute approximate surface area is 157 Å². The van der Waals surface area contributed by atoms with Gasteiger partial charge in [-0.3, -0.25) is 9.59 Å². The third-order valence-electron chi connectivity index (χ3n) is 4.35.